The average molecular weight is 433 g/mol. The maximum absolute atomic E-state index is 12.7. The van der Waals surface area contributed by atoms with Gasteiger partial charge < -0.3 is 14.3 Å². The predicted molar refractivity (Wildman–Crippen MR) is 113 cm³/mol. The monoisotopic (exact) mass is 432 g/mol. The summed E-state index contributed by atoms with van der Waals surface area (Å²) >= 11 is 7.52. The van der Waals surface area contributed by atoms with Crippen molar-refractivity contribution in [2.24, 2.45) is 7.05 Å². The highest BCUT2D eigenvalue weighted by Crippen LogP contribution is 2.29. The number of H-pyrrole nitrogens is 1. The van der Waals surface area contributed by atoms with Gasteiger partial charge in [0.05, 0.1) is 28.6 Å². The van der Waals surface area contributed by atoms with Crippen LogP contribution in [0.1, 0.15) is 39.0 Å². The molecule has 0 spiro atoms. The summed E-state index contributed by atoms with van der Waals surface area (Å²) in [4.78, 5) is 27.9. The van der Waals surface area contributed by atoms with Gasteiger partial charge >= 0.3 is 5.97 Å². The summed E-state index contributed by atoms with van der Waals surface area (Å²) < 4.78 is 6.88. The standard InChI is InChI=1S/C20H21ClN4O3S/c1-5-28-19(27)16-11(2)17(22-12(16)3)15(26)10-29-20-24-23-18(25(20)4)13-8-6-7-9-14(13)21/h6-9,22H,5,10H2,1-4H3. The molecular weight excluding hydrogens is 412 g/mol. The first-order valence-corrected chi connectivity index (χ1v) is 10.4. The quantitative estimate of drug-likeness (QED) is 0.341. The van der Waals surface area contributed by atoms with Crippen molar-refractivity contribution in [1.29, 1.82) is 0 Å². The van der Waals surface area contributed by atoms with Crippen LogP contribution in [0.25, 0.3) is 11.4 Å². The van der Waals surface area contributed by atoms with Crippen molar-refractivity contribution in [3.8, 4) is 11.4 Å². The summed E-state index contributed by atoms with van der Waals surface area (Å²) in [5.74, 6) is 0.219. The van der Waals surface area contributed by atoms with Gasteiger partial charge in [0.1, 0.15) is 0 Å². The van der Waals surface area contributed by atoms with Crippen LogP contribution in [0.5, 0.6) is 0 Å². The van der Waals surface area contributed by atoms with Gasteiger partial charge in [0.2, 0.25) is 0 Å². The number of aromatic amines is 1. The summed E-state index contributed by atoms with van der Waals surface area (Å²) in [7, 11) is 1.83. The molecule has 9 heteroatoms. The van der Waals surface area contributed by atoms with E-state index < -0.39 is 5.97 Å². The third-order valence-corrected chi connectivity index (χ3v) is 5.83. The van der Waals surface area contributed by atoms with Crippen LogP contribution in [0.15, 0.2) is 29.4 Å². The van der Waals surface area contributed by atoms with Crippen molar-refractivity contribution < 1.29 is 14.3 Å². The molecule has 0 aliphatic rings. The Balaban J connectivity index is 1.76. The molecule has 0 saturated heterocycles. The zero-order valence-electron chi connectivity index (χ0n) is 16.6. The van der Waals surface area contributed by atoms with Gasteiger partial charge in [-0.3, -0.25) is 4.79 Å². The van der Waals surface area contributed by atoms with Crippen LogP contribution in [0.3, 0.4) is 0 Å². The minimum Gasteiger partial charge on any atom is -0.462 e. The van der Waals surface area contributed by atoms with Crippen molar-refractivity contribution >= 4 is 35.1 Å². The van der Waals surface area contributed by atoms with Crippen molar-refractivity contribution in [2.75, 3.05) is 12.4 Å². The van der Waals surface area contributed by atoms with Gasteiger partial charge in [-0.2, -0.15) is 0 Å². The highest BCUT2D eigenvalue weighted by Gasteiger charge is 2.23. The summed E-state index contributed by atoms with van der Waals surface area (Å²) in [6.07, 6.45) is 0. The van der Waals surface area contributed by atoms with E-state index in [1.165, 1.54) is 11.8 Å². The number of benzene rings is 1. The van der Waals surface area contributed by atoms with Crippen molar-refractivity contribution in [3.63, 3.8) is 0 Å². The fraction of sp³-hybridized carbons (Fsp3) is 0.300. The Bertz CT molecular complexity index is 1070. The number of carbonyl (C=O) groups excluding carboxylic acids is 2. The molecule has 29 heavy (non-hydrogen) atoms. The number of carbonyl (C=O) groups is 2. The molecule has 152 valence electrons. The number of halogens is 1. The lowest BCUT2D eigenvalue weighted by Crippen LogP contribution is -2.08. The predicted octanol–water partition coefficient (Wildman–Crippen LogP) is 4.23. The molecule has 1 aromatic carbocycles. The molecule has 3 rings (SSSR count). The van der Waals surface area contributed by atoms with E-state index >= 15 is 0 Å². The number of Topliss-reactive ketones (excluding diaryl/α,β-unsaturated/α-hetero) is 1. The number of rotatable bonds is 7. The second-order valence-corrected chi connectivity index (χ2v) is 7.75. The Labute approximate surface area is 177 Å². The summed E-state index contributed by atoms with van der Waals surface area (Å²) in [5, 5.41) is 9.56. The molecule has 0 aliphatic carbocycles. The zero-order valence-corrected chi connectivity index (χ0v) is 18.1. The van der Waals surface area contributed by atoms with E-state index in [-0.39, 0.29) is 18.1 Å². The number of ether oxygens (including phenoxy) is 1. The Morgan fingerprint density at radius 1 is 1.24 bits per heavy atom. The number of hydrogen-bond acceptors (Lipinski definition) is 6. The van der Waals surface area contributed by atoms with Gasteiger partial charge in [0.15, 0.2) is 16.8 Å². The van der Waals surface area contributed by atoms with Crippen molar-refractivity contribution in [3.05, 3.63) is 51.8 Å². The minimum atomic E-state index is -0.428. The third-order valence-electron chi connectivity index (χ3n) is 4.48. The second kappa shape index (κ2) is 8.84. The zero-order chi connectivity index (χ0) is 21.1. The number of esters is 1. The van der Waals surface area contributed by atoms with Gasteiger partial charge in [0, 0.05) is 18.3 Å². The summed E-state index contributed by atoms with van der Waals surface area (Å²) in [6, 6.07) is 7.39. The minimum absolute atomic E-state index is 0.131. The Kier molecular flexibility index (Phi) is 6.44. The molecule has 7 nitrogen and oxygen atoms in total. The molecule has 0 bridgehead atoms. The molecule has 0 aliphatic heterocycles. The molecule has 0 radical (unpaired) electrons. The van der Waals surface area contributed by atoms with Gasteiger partial charge in [-0.25, -0.2) is 4.79 Å². The SMILES string of the molecule is CCOC(=O)c1c(C)[nH]c(C(=O)CSc2nnc(-c3ccccc3Cl)n2C)c1C. The topological polar surface area (TPSA) is 89.9 Å². The van der Waals surface area contributed by atoms with Crippen LogP contribution in [0.4, 0.5) is 0 Å². The van der Waals surface area contributed by atoms with E-state index in [4.69, 9.17) is 16.3 Å². The Hall–Kier alpha value is -2.58. The number of thioether (sulfide) groups is 1. The number of aromatic nitrogens is 4. The number of ketones is 1. The second-order valence-electron chi connectivity index (χ2n) is 6.40. The van der Waals surface area contributed by atoms with Crippen LogP contribution in [0, 0.1) is 13.8 Å². The van der Waals surface area contributed by atoms with E-state index in [1.54, 1.807) is 31.4 Å². The smallest absolute Gasteiger partial charge is 0.340 e. The summed E-state index contributed by atoms with van der Waals surface area (Å²) in [6.45, 7) is 5.52. The van der Waals surface area contributed by atoms with Gasteiger partial charge in [-0.15, -0.1) is 10.2 Å². The van der Waals surface area contributed by atoms with E-state index in [2.05, 4.69) is 15.2 Å². The largest absolute Gasteiger partial charge is 0.462 e. The van der Waals surface area contributed by atoms with Crippen LogP contribution in [-0.4, -0.2) is 43.9 Å². The van der Waals surface area contributed by atoms with E-state index in [1.807, 2.05) is 25.2 Å². The first kappa shape index (κ1) is 21.1. The molecule has 3 aromatic rings. The Morgan fingerprint density at radius 2 is 1.97 bits per heavy atom. The number of aryl methyl sites for hydroxylation is 1. The third kappa shape index (κ3) is 4.23. The normalized spacial score (nSPS) is 10.9. The van der Waals surface area contributed by atoms with Crippen molar-refractivity contribution in [1.82, 2.24) is 19.7 Å². The highest BCUT2D eigenvalue weighted by atomic mass is 35.5. The first-order valence-electron chi connectivity index (χ1n) is 9.01. The molecule has 1 N–H and O–H groups in total. The van der Waals surface area contributed by atoms with Crippen LogP contribution < -0.4 is 0 Å². The highest BCUT2D eigenvalue weighted by molar-refractivity contribution is 7.99. The maximum Gasteiger partial charge on any atom is 0.340 e. The maximum atomic E-state index is 12.7. The van der Waals surface area contributed by atoms with Crippen molar-refractivity contribution in [2.45, 2.75) is 25.9 Å². The Morgan fingerprint density at radius 3 is 2.66 bits per heavy atom. The molecule has 0 fully saturated rings. The van der Waals surface area contributed by atoms with E-state index in [0.717, 1.165) is 5.56 Å². The number of hydrogen-bond donors (Lipinski definition) is 1. The molecule has 2 heterocycles. The molecule has 0 saturated carbocycles. The van der Waals surface area contributed by atoms with E-state index in [9.17, 15) is 9.59 Å². The van der Waals surface area contributed by atoms with Gasteiger partial charge in [0.25, 0.3) is 0 Å². The lowest BCUT2D eigenvalue weighted by Gasteiger charge is -2.05. The summed E-state index contributed by atoms with van der Waals surface area (Å²) in [5.41, 5.74) is 2.82. The fourth-order valence-electron chi connectivity index (χ4n) is 3.06. The lowest BCUT2D eigenvalue weighted by molar-refractivity contribution is 0.0525. The fourth-order valence-corrected chi connectivity index (χ4v) is 4.06. The number of nitrogens with zero attached hydrogens (tertiary/aromatic N) is 3. The van der Waals surface area contributed by atoms with Gasteiger partial charge in [-0.1, -0.05) is 35.5 Å². The van der Waals surface area contributed by atoms with E-state index in [0.29, 0.717) is 38.5 Å². The van der Waals surface area contributed by atoms with Gasteiger partial charge in [-0.05, 0) is 38.5 Å². The first-order chi connectivity index (χ1) is 13.8. The molecule has 0 amide bonds. The van der Waals surface area contributed by atoms with Crippen LogP contribution in [-0.2, 0) is 11.8 Å². The molecule has 0 unspecified atom stereocenters. The van der Waals surface area contributed by atoms with Crippen LogP contribution in [0.2, 0.25) is 5.02 Å². The molecule has 0 atom stereocenters. The average Bonchev–Trinajstić information content (AvgIpc) is 3.19. The van der Waals surface area contributed by atoms with Crippen LogP contribution >= 0.6 is 23.4 Å². The molecular formula is C20H21ClN4O3S. The molecule has 2 aromatic heterocycles. The number of nitrogens with one attached hydrogen (secondary N) is 1. The lowest BCUT2D eigenvalue weighted by atomic mass is 10.1.